The molecule has 148 valence electrons. The van der Waals surface area contributed by atoms with E-state index in [0.717, 1.165) is 82.4 Å². The summed E-state index contributed by atoms with van der Waals surface area (Å²) >= 11 is 5.55. The van der Waals surface area contributed by atoms with E-state index in [9.17, 15) is 4.79 Å². The van der Waals surface area contributed by atoms with Crippen LogP contribution in [-0.2, 0) is 4.74 Å². The zero-order chi connectivity index (χ0) is 19.1. The molecule has 5 nitrogen and oxygen atoms in total. The van der Waals surface area contributed by atoms with Crippen LogP contribution in [0.5, 0.6) is 0 Å². The Bertz CT molecular complexity index is 621. The summed E-state index contributed by atoms with van der Waals surface area (Å²) in [5, 5.41) is 4.22. The van der Waals surface area contributed by atoms with E-state index in [-0.39, 0.29) is 11.7 Å². The Hall–Kier alpha value is -1.50. The number of hydrogen-bond donors (Lipinski definition) is 1. The topological polar surface area (TPSA) is 44.8 Å². The number of benzene rings is 1. The van der Waals surface area contributed by atoms with Crippen molar-refractivity contribution in [3.8, 4) is 0 Å². The Morgan fingerprint density at radius 3 is 2.48 bits per heavy atom. The molecule has 2 aliphatic heterocycles. The van der Waals surface area contributed by atoms with Crippen molar-refractivity contribution in [2.24, 2.45) is 5.92 Å². The molecule has 6 heteroatoms. The average Bonchev–Trinajstić information content (AvgIpc) is 2.72. The minimum atomic E-state index is 0.119. The summed E-state index contributed by atoms with van der Waals surface area (Å²) in [6, 6.07) is 7.92. The van der Waals surface area contributed by atoms with Crippen molar-refractivity contribution < 1.29 is 9.53 Å². The quantitative estimate of drug-likeness (QED) is 0.458. The monoisotopic (exact) mass is 389 g/mol. The fourth-order valence-electron chi connectivity index (χ4n) is 3.73. The first-order valence-electron chi connectivity index (χ1n) is 10.1. The van der Waals surface area contributed by atoms with Gasteiger partial charge in [0, 0.05) is 44.2 Å². The summed E-state index contributed by atoms with van der Waals surface area (Å²) in [6.45, 7) is 9.52. The fraction of sp³-hybridized carbons (Fsp3) is 0.619. The van der Waals surface area contributed by atoms with Crippen molar-refractivity contribution in [2.75, 3.05) is 52.5 Å². The number of piperidine rings is 1. The molecule has 0 atom stereocenters. The third kappa shape index (κ3) is 5.99. The molecule has 2 aliphatic rings. The number of aryl methyl sites for hydroxylation is 1. The number of nitrogens with one attached hydrogen (secondary N) is 1. The molecule has 0 unspecified atom stereocenters. The van der Waals surface area contributed by atoms with Crippen molar-refractivity contribution in [2.45, 2.75) is 26.2 Å². The van der Waals surface area contributed by atoms with Crippen LogP contribution in [0.1, 0.15) is 35.2 Å². The molecule has 3 rings (SSSR count). The lowest BCUT2D eigenvalue weighted by molar-refractivity contribution is 0.0375. The number of nitrogens with zero attached hydrogens (tertiary/aromatic N) is 2. The van der Waals surface area contributed by atoms with Crippen LogP contribution in [0.2, 0.25) is 0 Å². The number of thiocarbonyl (C=S) groups is 1. The number of carbonyl (C=O) groups is 1. The molecule has 2 fully saturated rings. The molecule has 1 N–H and O–H groups in total. The van der Waals surface area contributed by atoms with E-state index in [2.05, 4.69) is 15.1 Å². The second kappa shape index (κ2) is 10.2. The lowest BCUT2D eigenvalue weighted by Crippen LogP contribution is -2.46. The van der Waals surface area contributed by atoms with Gasteiger partial charge in [0.1, 0.15) is 0 Å². The Labute approximate surface area is 168 Å². The maximum absolute atomic E-state index is 12.7. The molecular weight excluding hydrogens is 358 g/mol. The van der Waals surface area contributed by atoms with Crippen LogP contribution in [0.4, 0.5) is 0 Å². The highest BCUT2D eigenvalue weighted by atomic mass is 32.1. The predicted molar refractivity (Wildman–Crippen MR) is 112 cm³/mol. The van der Waals surface area contributed by atoms with Crippen LogP contribution in [-0.4, -0.2) is 73.2 Å². The standard InChI is InChI=1S/C21H31N3O2S/c1-17-3-5-18(6-4-17)20(25)19-7-11-24(12-8-19)21(27)22-9-2-10-23-13-15-26-16-14-23/h3-6,19H,2,7-16H2,1H3,(H,22,27). The van der Waals surface area contributed by atoms with Gasteiger partial charge >= 0.3 is 0 Å². The highest BCUT2D eigenvalue weighted by Crippen LogP contribution is 2.22. The van der Waals surface area contributed by atoms with Gasteiger partial charge in [-0.2, -0.15) is 0 Å². The number of morpholine rings is 1. The summed E-state index contributed by atoms with van der Waals surface area (Å²) in [7, 11) is 0. The van der Waals surface area contributed by atoms with Gasteiger partial charge in [-0.25, -0.2) is 0 Å². The van der Waals surface area contributed by atoms with Crippen LogP contribution in [0.3, 0.4) is 0 Å². The SMILES string of the molecule is Cc1ccc(C(=O)C2CCN(C(=S)NCCCN3CCOCC3)CC2)cc1. The average molecular weight is 390 g/mol. The van der Waals surface area contributed by atoms with E-state index >= 15 is 0 Å². The third-order valence-electron chi connectivity index (χ3n) is 5.52. The number of hydrogen-bond acceptors (Lipinski definition) is 4. The maximum Gasteiger partial charge on any atom is 0.168 e. The van der Waals surface area contributed by atoms with Crippen LogP contribution in [0, 0.1) is 12.8 Å². The minimum absolute atomic E-state index is 0.119. The summed E-state index contributed by atoms with van der Waals surface area (Å²) in [5.41, 5.74) is 2.02. The first kappa shape index (κ1) is 20.2. The summed E-state index contributed by atoms with van der Waals surface area (Å²) in [4.78, 5) is 17.3. The number of ether oxygens (including phenoxy) is 1. The largest absolute Gasteiger partial charge is 0.379 e. The zero-order valence-corrected chi connectivity index (χ0v) is 17.1. The van der Waals surface area contributed by atoms with Crippen molar-refractivity contribution in [1.82, 2.24) is 15.1 Å². The van der Waals surface area contributed by atoms with E-state index in [1.165, 1.54) is 5.56 Å². The van der Waals surface area contributed by atoms with Gasteiger partial charge in [0.25, 0.3) is 0 Å². The van der Waals surface area contributed by atoms with E-state index in [4.69, 9.17) is 17.0 Å². The summed E-state index contributed by atoms with van der Waals surface area (Å²) < 4.78 is 5.37. The molecule has 2 saturated heterocycles. The van der Waals surface area contributed by atoms with E-state index < -0.39 is 0 Å². The van der Waals surface area contributed by atoms with Gasteiger partial charge in [-0.3, -0.25) is 9.69 Å². The van der Waals surface area contributed by atoms with Gasteiger partial charge in [-0.15, -0.1) is 0 Å². The van der Waals surface area contributed by atoms with Crippen molar-refractivity contribution >= 4 is 23.1 Å². The summed E-state index contributed by atoms with van der Waals surface area (Å²) in [6.07, 6.45) is 2.84. The number of carbonyl (C=O) groups excluding carboxylic acids is 1. The Morgan fingerprint density at radius 2 is 1.81 bits per heavy atom. The van der Waals surface area contributed by atoms with Gasteiger partial charge in [-0.05, 0) is 44.9 Å². The highest BCUT2D eigenvalue weighted by molar-refractivity contribution is 7.80. The molecule has 1 aromatic carbocycles. The number of ketones is 1. The third-order valence-corrected chi connectivity index (χ3v) is 5.92. The normalized spacial score (nSPS) is 19.1. The van der Waals surface area contributed by atoms with Crippen molar-refractivity contribution in [3.05, 3.63) is 35.4 Å². The van der Waals surface area contributed by atoms with E-state index in [1.807, 2.05) is 31.2 Å². The molecule has 0 radical (unpaired) electrons. The van der Waals surface area contributed by atoms with Gasteiger partial charge in [0.2, 0.25) is 0 Å². The van der Waals surface area contributed by atoms with Crippen molar-refractivity contribution in [3.63, 3.8) is 0 Å². The van der Waals surface area contributed by atoms with Crippen LogP contribution >= 0.6 is 12.2 Å². The highest BCUT2D eigenvalue weighted by Gasteiger charge is 2.26. The zero-order valence-electron chi connectivity index (χ0n) is 16.3. The molecule has 0 aromatic heterocycles. The van der Waals surface area contributed by atoms with Crippen LogP contribution < -0.4 is 5.32 Å². The lowest BCUT2D eigenvalue weighted by atomic mass is 9.89. The molecule has 0 spiro atoms. The van der Waals surface area contributed by atoms with Crippen molar-refractivity contribution in [1.29, 1.82) is 0 Å². The summed E-state index contributed by atoms with van der Waals surface area (Å²) in [5.74, 6) is 0.395. The molecule has 27 heavy (non-hydrogen) atoms. The first-order valence-corrected chi connectivity index (χ1v) is 10.5. The molecule has 0 bridgehead atoms. The Kier molecular flexibility index (Phi) is 7.61. The smallest absolute Gasteiger partial charge is 0.168 e. The molecule has 0 saturated carbocycles. The number of Topliss-reactive ketones (excluding diaryl/α,β-unsaturated/α-hetero) is 1. The molecular formula is C21H31N3O2S. The van der Waals surface area contributed by atoms with Gasteiger partial charge < -0.3 is 15.0 Å². The minimum Gasteiger partial charge on any atom is -0.379 e. The van der Waals surface area contributed by atoms with Crippen LogP contribution in [0.15, 0.2) is 24.3 Å². The number of likely N-dealkylation sites (tertiary alicyclic amines) is 1. The Balaban J connectivity index is 1.35. The van der Waals surface area contributed by atoms with Gasteiger partial charge in [0.15, 0.2) is 10.9 Å². The molecule has 2 heterocycles. The van der Waals surface area contributed by atoms with Gasteiger partial charge in [0.05, 0.1) is 13.2 Å². The molecule has 0 aliphatic carbocycles. The maximum atomic E-state index is 12.7. The second-order valence-electron chi connectivity index (χ2n) is 7.53. The second-order valence-corrected chi connectivity index (χ2v) is 7.92. The van der Waals surface area contributed by atoms with Gasteiger partial charge in [-0.1, -0.05) is 29.8 Å². The van der Waals surface area contributed by atoms with E-state index in [0.29, 0.717) is 0 Å². The molecule has 1 aromatic rings. The van der Waals surface area contributed by atoms with Crippen LogP contribution in [0.25, 0.3) is 0 Å². The number of rotatable bonds is 6. The molecule has 0 amide bonds. The Morgan fingerprint density at radius 1 is 1.15 bits per heavy atom. The fourth-order valence-corrected chi connectivity index (χ4v) is 4.02. The predicted octanol–water partition coefficient (Wildman–Crippen LogP) is 2.49. The van der Waals surface area contributed by atoms with E-state index in [1.54, 1.807) is 0 Å². The first-order chi connectivity index (χ1) is 13.1. The lowest BCUT2D eigenvalue weighted by Gasteiger charge is -2.33.